The molecule has 104 valence electrons. The van der Waals surface area contributed by atoms with E-state index in [2.05, 4.69) is 9.62 Å². The van der Waals surface area contributed by atoms with Crippen LogP contribution >= 0.6 is 0 Å². The summed E-state index contributed by atoms with van der Waals surface area (Å²) < 4.78 is 27.6. The third kappa shape index (κ3) is 2.68. The minimum absolute atomic E-state index is 0.0447. The van der Waals surface area contributed by atoms with Crippen LogP contribution < -0.4 is 4.72 Å². The maximum Gasteiger partial charge on any atom is 0.240 e. The van der Waals surface area contributed by atoms with Crippen LogP contribution in [0.4, 0.5) is 0 Å². The summed E-state index contributed by atoms with van der Waals surface area (Å²) >= 11 is 0. The van der Waals surface area contributed by atoms with Crippen molar-refractivity contribution in [3.8, 4) is 0 Å². The Morgan fingerprint density at radius 1 is 1.26 bits per heavy atom. The minimum Gasteiger partial charge on any atom is -0.305 e. The number of aryl methyl sites for hydroxylation is 2. The second-order valence-electron chi connectivity index (χ2n) is 5.65. The fraction of sp³-hybridized carbons (Fsp3) is 0.571. The second kappa shape index (κ2) is 4.89. The minimum atomic E-state index is -3.37. The van der Waals surface area contributed by atoms with Gasteiger partial charge in [-0.2, -0.15) is 0 Å². The molecule has 19 heavy (non-hydrogen) atoms. The SMILES string of the molecule is CN1CCC(NS(=O)(=O)c2ccc3c(c2)CCC3)C1. The Morgan fingerprint density at radius 3 is 2.79 bits per heavy atom. The van der Waals surface area contributed by atoms with Gasteiger partial charge < -0.3 is 4.90 Å². The monoisotopic (exact) mass is 280 g/mol. The van der Waals surface area contributed by atoms with Crippen molar-refractivity contribution in [2.75, 3.05) is 20.1 Å². The summed E-state index contributed by atoms with van der Waals surface area (Å²) in [5.74, 6) is 0. The molecule has 1 aliphatic carbocycles. The van der Waals surface area contributed by atoms with Crippen LogP contribution in [0.15, 0.2) is 23.1 Å². The first-order chi connectivity index (χ1) is 9.04. The van der Waals surface area contributed by atoms with E-state index in [9.17, 15) is 8.42 Å². The third-order valence-electron chi connectivity index (χ3n) is 4.09. The first-order valence-corrected chi connectivity index (χ1v) is 8.35. The Kier molecular flexibility index (Phi) is 3.37. The van der Waals surface area contributed by atoms with Crippen LogP contribution in [0.1, 0.15) is 24.0 Å². The predicted molar refractivity (Wildman–Crippen MR) is 74.7 cm³/mol. The smallest absolute Gasteiger partial charge is 0.240 e. The lowest BCUT2D eigenvalue weighted by Gasteiger charge is -2.14. The Morgan fingerprint density at radius 2 is 2.05 bits per heavy atom. The van der Waals surface area contributed by atoms with Crippen LogP contribution in [0.5, 0.6) is 0 Å². The van der Waals surface area contributed by atoms with Crippen molar-refractivity contribution in [1.82, 2.24) is 9.62 Å². The molecule has 0 amide bonds. The predicted octanol–water partition coefficient (Wildman–Crippen LogP) is 1.16. The van der Waals surface area contributed by atoms with Crippen molar-refractivity contribution in [3.63, 3.8) is 0 Å². The van der Waals surface area contributed by atoms with E-state index in [1.807, 2.05) is 19.2 Å². The van der Waals surface area contributed by atoms with Gasteiger partial charge in [0.1, 0.15) is 0 Å². The number of hydrogen-bond acceptors (Lipinski definition) is 3. The highest BCUT2D eigenvalue weighted by Crippen LogP contribution is 2.25. The van der Waals surface area contributed by atoms with Gasteiger partial charge in [-0.25, -0.2) is 13.1 Å². The number of nitrogens with zero attached hydrogens (tertiary/aromatic N) is 1. The van der Waals surface area contributed by atoms with Crippen LogP contribution in [0.3, 0.4) is 0 Å². The molecule has 1 heterocycles. The first-order valence-electron chi connectivity index (χ1n) is 6.87. The van der Waals surface area contributed by atoms with Crippen molar-refractivity contribution in [3.05, 3.63) is 29.3 Å². The van der Waals surface area contributed by atoms with Gasteiger partial charge >= 0.3 is 0 Å². The van der Waals surface area contributed by atoms with Gasteiger partial charge in [-0.1, -0.05) is 6.07 Å². The maximum atomic E-state index is 12.4. The molecule has 1 unspecified atom stereocenters. The molecule has 5 heteroatoms. The van der Waals surface area contributed by atoms with Crippen molar-refractivity contribution >= 4 is 10.0 Å². The zero-order valence-electron chi connectivity index (χ0n) is 11.2. The molecule has 0 aromatic heterocycles. The first kappa shape index (κ1) is 13.1. The number of rotatable bonds is 3. The average Bonchev–Trinajstić information content (AvgIpc) is 2.96. The molecule has 1 N–H and O–H groups in total. The van der Waals surface area contributed by atoms with Crippen LogP contribution in [0, 0.1) is 0 Å². The summed E-state index contributed by atoms with van der Waals surface area (Å²) in [7, 11) is -1.35. The molecule has 0 spiro atoms. The third-order valence-corrected chi connectivity index (χ3v) is 5.61. The number of fused-ring (bicyclic) bond motifs is 1. The zero-order valence-corrected chi connectivity index (χ0v) is 12.0. The zero-order chi connectivity index (χ0) is 13.5. The second-order valence-corrected chi connectivity index (χ2v) is 7.37. The van der Waals surface area contributed by atoms with E-state index in [0.717, 1.165) is 38.8 Å². The number of likely N-dealkylation sites (N-methyl/N-ethyl adjacent to an activating group) is 1. The molecule has 3 rings (SSSR count). The van der Waals surface area contributed by atoms with Gasteiger partial charge in [0.25, 0.3) is 0 Å². The molecule has 1 saturated heterocycles. The van der Waals surface area contributed by atoms with Crippen LogP contribution in [-0.4, -0.2) is 39.5 Å². The van der Waals surface area contributed by atoms with Crippen molar-refractivity contribution in [2.45, 2.75) is 36.6 Å². The van der Waals surface area contributed by atoms with Crippen molar-refractivity contribution in [1.29, 1.82) is 0 Å². The lowest BCUT2D eigenvalue weighted by atomic mass is 10.1. The Labute approximate surface area is 114 Å². The van der Waals surface area contributed by atoms with Crippen molar-refractivity contribution < 1.29 is 8.42 Å². The highest BCUT2D eigenvalue weighted by atomic mass is 32.2. The quantitative estimate of drug-likeness (QED) is 0.904. The molecule has 1 aliphatic heterocycles. The normalized spacial score (nSPS) is 23.7. The summed E-state index contributed by atoms with van der Waals surface area (Å²) in [5.41, 5.74) is 2.51. The summed E-state index contributed by atoms with van der Waals surface area (Å²) in [4.78, 5) is 2.57. The molecule has 1 aromatic rings. The van der Waals surface area contributed by atoms with E-state index in [1.165, 1.54) is 11.1 Å². The Balaban J connectivity index is 1.80. The lowest BCUT2D eigenvalue weighted by Crippen LogP contribution is -2.36. The fourth-order valence-electron chi connectivity index (χ4n) is 3.03. The molecule has 0 radical (unpaired) electrons. The average molecular weight is 280 g/mol. The summed E-state index contributed by atoms with van der Waals surface area (Å²) in [6, 6.07) is 5.61. The summed E-state index contributed by atoms with van der Waals surface area (Å²) in [6.07, 6.45) is 4.11. The maximum absolute atomic E-state index is 12.4. The van der Waals surface area contributed by atoms with E-state index >= 15 is 0 Å². The highest BCUT2D eigenvalue weighted by molar-refractivity contribution is 7.89. The number of hydrogen-bond donors (Lipinski definition) is 1. The Hall–Kier alpha value is -0.910. The Bertz CT molecular complexity index is 583. The van der Waals surface area contributed by atoms with E-state index in [1.54, 1.807) is 6.07 Å². The summed E-state index contributed by atoms with van der Waals surface area (Å²) in [6.45, 7) is 1.75. The van der Waals surface area contributed by atoms with E-state index < -0.39 is 10.0 Å². The molecular formula is C14H20N2O2S. The summed E-state index contributed by atoms with van der Waals surface area (Å²) in [5, 5.41) is 0. The molecule has 0 bridgehead atoms. The molecular weight excluding hydrogens is 260 g/mol. The molecule has 1 atom stereocenters. The largest absolute Gasteiger partial charge is 0.305 e. The molecule has 0 saturated carbocycles. The highest BCUT2D eigenvalue weighted by Gasteiger charge is 2.26. The lowest BCUT2D eigenvalue weighted by molar-refractivity contribution is 0.407. The standard InChI is InChI=1S/C14H20N2O2S/c1-16-8-7-13(10-16)15-19(17,18)14-6-5-11-3-2-4-12(11)9-14/h5-6,9,13,15H,2-4,7-8,10H2,1H3. The van der Waals surface area contributed by atoms with Crippen molar-refractivity contribution in [2.24, 2.45) is 0 Å². The van der Waals surface area contributed by atoms with E-state index in [0.29, 0.717) is 4.90 Å². The topological polar surface area (TPSA) is 49.4 Å². The van der Waals surface area contributed by atoms with Gasteiger partial charge in [0.15, 0.2) is 0 Å². The van der Waals surface area contributed by atoms with Crippen LogP contribution in [0.25, 0.3) is 0 Å². The van der Waals surface area contributed by atoms with Gasteiger partial charge in [-0.05, 0) is 62.5 Å². The molecule has 4 nitrogen and oxygen atoms in total. The number of sulfonamides is 1. The number of likely N-dealkylation sites (tertiary alicyclic amines) is 1. The van der Waals surface area contributed by atoms with Gasteiger partial charge in [0, 0.05) is 12.6 Å². The van der Waals surface area contributed by atoms with Gasteiger partial charge in [0.05, 0.1) is 4.90 Å². The molecule has 1 aromatic carbocycles. The van der Waals surface area contributed by atoms with Gasteiger partial charge in [0.2, 0.25) is 10.0 Å². The van der Waals surface area contributed by atoms with E-state index in [-0.39, 0.29) is 6.04 Å². The van der Waals surface area contributed by atoms with Crippen LogP contribution in [0.2, 0.25) is 0 Å². The van der Waals surface area contributed by atoms with Gasteiger partial charge in [-0.15, -0.1) is 0 Å². The molecule has 2 aliphatic rings. The van der Waals surface area contributed by atoms with Gasteiger partial charge in [-0.3, -0.25) is 0 Å². The number of nitrogens with one attached hydrogen (secondary N) is 1. The molecule has 1 fully saturated rings. The van der Waals surface area contributed by atoms with E-state index in [4.69, 9.17) is 0 Å². The number of benzene rings is 1. The fourth-order valence-corrected chi connectivity index (χ4v) is 4.35. The van der Waals surface area contributed by atoms with Crippen LogP contribution in [-0.2, 0) is 22.9 Å².